The Morgan fingerprint density at radius 1 is 1.29 bits per heavy atom. The normalized spacial score (nSPS) is 10.4. The molecule has 1 aromatic carbocycles. The van der Waals surface area contributed by atoms with E-state index in [1.165, 1.54) is 28.7 Å². The third-order valence-corrected chi connectivity index (χ3v) is 4.69. The van der Waals surface area contributed by atoms with Crippen molar-refractivity contribution in [2.24, 2.45) is 0 Å². The van der Waals surface area contributed by atoms with Gasteiger partial charge in [0.25, 0.3) is 0 Å². The van der Waals surface area contributed by atoms with Crippen LogP contribution >= 0.6 is 23.1 Å². The molecule has 2 N–H and O–H groups in total. The summed E-state index contributed by atoms with van der Waals surface area (Å²) in [5.41, 5.74) is 2.32. The zero-order valence-electron chi connectivity index (χ0n) is 12.0. The smallest absolute Gasteiger partial charge is 0.230 e. The minimum absolute atomic E-state index is 0.000718. The predicted octanol–water partition coefficient (Wildman–Crippen LogP) is 2.69. The van der Waals surface area contributed by atoms with Crippen LogP contribution in [0.2, 0.25) is 0 Å². The molecule has 1 aromatic heterocycles. The molecule has 112 valence electrons. The summed E-state index contributed by atoms with van der Waals surface area (Å²) in [5.74, 6) is 0.355. The molecule has 0 bridgehead atoms. The van der Waals surface area contributed by atoms with E-state index in [2.05, 4.69) is 20.8 Å². The van der Waals surface area contributed by atoms with E-state index in [0.717, 1.165) is 21.6 Å². The van der Waals surface area contributed by atoms with Gasteiger partial charge in [-0.2, -0.15) is 0 Å². The van der Waals surface area contributed by atoms with Crippen LogP contribution in [0.15, 0.2) is 28.6 Å². The van der Waals surface area contributed by atoms with Crippen LogP contribution in [-0.2, 0) is 11.3 Å². The van der Waals surface area contributed by atoms with E-state index in [4.69, 9.17) is 0 Å². The highest BCUT2D eigenvalue weighted by molar-refractivity contribution is 8.01. The lowest BCUT2D eigenvalue weighted by Crippen LogP contribution is -2.24. The fourth-order valence-corrected chi connectivity index (χ4v) is 3.23. The van der Waals surface area contributed by atoms with E-state index in [1.54, 1.807) is 0 Å². The Kier molecular flexibility index (Phi) is 6.01. The fraction of sp³-hybridized carbons (Fsp3) is 0.357. The van der Waals surface area contributed by atoms with Gasteiger partial charge in [0.05, 0.1) is 5.75 Å². The Balaban J connectivity index is 1.72. The van der Waals surface area contributed by atoms with Crippen molar-refractivity contribution in [3.05, 3.63) is 35.4 Å². The number of benzene rings is 1. The summed E-state index contributed by atoms with van der Waals surface area (Å²) in [4.78, 5) is 11.8. The lowest BCUT2D eigenvalue weighted by atomic mass is 10.1. The van der Waals surface area contributed by atoms with Crippen LogP contribution < -0.4 is 10.6 Å². The van der Waals surface area contributed by atoms with Crippen molar-refractivity contribution in [2.75, 3.05) is 17.6 Å². The second kappa shape index (κ2) is 7.99. The molecular formula is C14H18N4OS2. The van der Waals surface area contributed by atoms with Gasteiger partial charge in [0, 0.05) is 13.1 Å². The first kappa shape index (κ1) is 15.8. The Morgan fingerprint density at radius 2 is 2.05 bits per heavy atom. The first-order chi connectivity index (χ1) is 10.2. The summed E-state index contributed by atoms with van der Waals surface area (Å²) in [6.07, 6.45) is 0. The van der Waals surface area contributed by atoms with Gasteiger partial charge in [-0.05, 0) is 19.4 Å². The van der Waals surface area contributed by atoms with Crippen LogP contribution in [0.25, 0.3) is 0 Å². The number of nitrogens with one attached hydrogen (secondary N) is 2. The third-order valence-electron chi connectivity index (χ3n) is 2.67. The van der Waals surface area contributed by atoms with Crippen LogP contribution in [0.4, 0.5) is 5.13 Å². The topological polar surface area (TPSA) is 66.9 Å². The van der Waals surface area contributed by atoms with Gasteiger partial charge in [-0.25, -0.2) is 0 Å². The third kappa shape index (κ3) is 5.35. The van der Waals surface area contributed by atoms with Gasteiger partial charge in [-0.1, -0.05) is 52.9 Å². The van der Waals surface area contributed by atoms with E-state index in [9.17, 15) is 4.79 Å². The lowest BCUT2D eigenvalue weighted by Gasteiger charge is -2.04. The van der Waals surface area contributed by atoms with Crippen LogP contribution in [-0.4, -0.2) is 28.4 Å². The van der Waals surface area contributed by atoms with Gasteiger partial charge >= 0.3 is 0 Å². The van der Waals surface area contributed by atoms with E-state index in [1.807, 2.05) is 38.1 Å². The molecule has 2 rings (SSSR count). The van der Waals surface area contributed by atoms with Crippen molar-refractivity contribution < 1.29 is 4.79 Å². The minimum Gasteiger partial charge on any atom is -0.360 e. The average Bonchev–Trinajstić information content (AvgIpc) is 2.93. The molecule has 21 heavy (non-hydrogen) atoms. The largest absolute Gasteiger partial charge is 0.360 e. The van der Waals surface area contributed by atoms with Crippen molar-refractivity contribution in [1.29, 1.82) is 0 Å². The van der Waals surface area contributed by atoms with Crippen LogP contribution in [0, 0.1) is 6.92 Å². The van der Waals surface area contributed by atoms with Gasteiger partial charge in [-0.15, -0.1) is 10.2 Å². The van der Waals surface area contributed by atoms with Crippen LogP contribution in [0.3, 0.4) is 0 Å². The van der Waals surface area contributed by atoms with Crippen molar-refractivity contribution in [1.82, 2.24) is 15.5 Å². The molecule has 7 heteroatoms. The number of aromatic nitrogens is 2. The highest BCUT2D eigenvalue weighted by atomic mass is 32.2. The van der Waals surface area contributed by atoms with E-state index in [-0.39, 0.29) is 5.91 Å². The van der Waals surface area contributed by atoms with Gasteiger partial charge in [0.2, 0.25) is 11.0 Å². The molecule has 0 spiro atoms. The van der Waals surface area contributed by atoms with Crippen molar-refractivity contribution in [3.8, 4) is 0 Å². The Morgan fingerprint density at radius 3 is 2.76 bits per heavy atom. The van der Waals surface area contributed by atoms with Gasteiger partial charge in [0.15, 0.2) is 4.34 Å². The Labute approximate surface area is 132 Å². The zero-order chi connectivity index (χ0) is 15.1. The first-order valence-corrected chi connectivity index (χ1v) is 8.50. The summed E-state index contributed by atoms with van der Waals surface area (Å²) in [7, 11) is 0. The number of hydrogen-bond acceptors (Lipinski definition) is 6. The van der Waals surface area contributed by atoms with Gasteiger partial charge in [0.1, 0.15) is 0 Å². The molecule has 1 heterocycles. The number of thioether (sulfide) groups is 1. The lowest BCUT2D eigenvalue weighted by molar-refractivity contribution is -0.118. The SMILES string of the molecule is CCNc1nnc(SCC(=O)NCc2ccc(C)cc2)s1. The highest BCUT2D eigenvalue weighted by Gasteiger charge is 2.07. The molecule has 0 aliphatic rings. The van der Waals surface area contributed by atoms with Gasteiger partial charge < -0.3 is 10.6 Å². The summed E-state index contributed by atoms with van der Waals surface area (Å²) in [6.45, 7) is 5.42. The molecule has 0 radical (unpaired) electrons. The molecule has 0 unspecified atom stereocenters. The number of anilines is 1. The molecule has 0 saturated carbocycles. The van der Waals surface area contributed by atoms with Crippen molar-refractivity contribution in [3.63, 3.8) is 0 Å². The summed E-state index contributed by atoms with van der Waals surface area (Å²) < 4.78 is 0.802. The van der Waals surface area contributed by atoms with Crippen LogP contribution in [0.1, 0.15) is 18.1 Å². The Hall–Kier alpha value is -1.60. The second-order valence-electron chi connectivity index (χ2n) is 4.45. The van der Waals surface area contributed by atoms with Crippen molar-refractivity contribution in [2.45, 2.75) is 24.7 Å². The van der Waals surface area contributed by atoms with E-state index >= 15 is 0 Å². The molecule has 0 fully saturated rings. The summed E-state index contributed by atoms with van der Waals surface area (Å²) >= 11 is 2.87. The molecular weight excluding hydrogens is 304 g/mol. The fourth-order valence-electron chi connectivity index (χ4n) is 1.58. The summed E-state index contributed by atoms with van der Waals surface area (Å²) in [6, 6.07) is 8.13. The maximum Gasteiger partial charge on any atom is 0.230 e. The first-order valence-electron chi connectivity index (χ1n) is 6.70. The number of rotatable bonds is 7. The van der Waals surface area contributed by atoms with E-state index in [0.29, 0.717) is 12.3 Å². The Bertz CT molecular complexity index is 583. The summed E-state index contributed by atoms with van der Waals surface area (Å²) in [5, 5.41) is 14.8. The quantitative estimate of drug-likeness (QED) is 0.767. The molecule has 5 nitrogen and oxygen atoms in total. The molecule has 1 amide bonds. The predicted molar refractivity (Wildman–Crippen MR) is 87.8 cm³/mol. The van der Waals surface area contributed by atoms with E-state index < -0.39 is 0 Å². The number of aryl methyl sites for hydroxylation is 1. The van der Waals surface area contributed by atoms with Gasteiger partial charge in [-0.3, -0.25) is 4.79 Å². The molecule has 0 aliphatic carbocycles. The molecule has 0 atom stereocenters. The monoisotopic (exact) mass is 322 g/mol. The number of carbonyl (C=O) groups is 1. The number of amides is 1. The minimum atomic E-state index is 0.000718. The average molecular weight is 322 g/mol. The maximum absolute atomic E-state index is 11.8. The number of nitrogens with zero attached hydrogens (tertiary/aromatic N) is 2. The molecule has 2 aromatic rings. The standard InChI is InChI=1S/C14H18N4OS2/c1-3-15-13-17-18-14(21-13)20-9-12(19)16-8-11-6-4-10(2)5-7-11/h4-7H,3,8-9H2,1-2H3,(H,15,17)(H,16,19). The number of hydrogen-bond donors (Lipinski definition) is 2. The molecule has 0 aliphatic heterocycles. The maximum atomic E-state index is 11.8. The number of carbonyl (C=O) groups excluding carboxylic acids is 1. The zero-order valence-corrected chi connectivity index (χ0v) is 13.7. The van der Waals surface area contributed by atoms with Crippen LogP contribution in [0.5, 0.6) is 0 Å². The van der Waals surface area contributed by atoms with Crippen molar-refractivity contribution >= 4 is 34.1 Å². The highest BCUT2D eigenvalue weighted by Crippen LogP contribution is 2.24. The second-order valence-corrected chi connectivity index (χ2v) is 6.65. The molecule has 0 saturated heterocycles.